The van der Waals surface area contributed by atoms with Crippen molar-refractivity contribution in [2.75, 3.05) is 38.2 Å². The van der Waals surface area contributed by atoms with Gasteiger partial charge in [-0.2, -0.15) is 0 Å². The van der Waals surface area contributed by atoms with Crippen molar-refractivity contribution in [3.63, 3.8) is 0 Å². The zero-order valence-electron chi connectivity index (χ0n) is 16.7. The molecule has 1 unspecified atom stereocenters. The van der Waals surface area contributed by atoms with Gasteiger partial charge in [0.05, 0.1) is 7.11 Å². The van der Waals surface area contributed by atoms with E-state index in [9.17, 15) is 0 Å². The van der Waals surface area contributed by atoms with Crippen molar-refractivity contribution in [2.24, 2.45) is 4.99 Å². The third-order valence-corrected chi connectivity index (χ3v) is 4.84. The smallest absolute Gasteiger partial charge is 0.191 e. The van der Waals surface area contributed by atoms with Gasteiger partial charge in [-0.05, 0) is 43.5 Å². The fourth-order valence-electron chi connectivity index (χ4n) is 3.46. The minimum absolute atomic E-state index is 0. The number of nitrogens with one attached hydrogen (secondary N) is 2. The van der Waals surface area contributed by atoms with Gasteiger partial charge in [0, 0.05) is 37.9 Å². The van der Waals surface area contributed by atoms with Crippen molar-refractivity contribution in [1.29, 1.82) is 0 Å². The molecule has 3 rings (SSSR count). The van der Waals surface area contributed by atoms with Gasteiger partial charge in [0.2, 0.25) is 0 Å². The third-order valence-electron chi connectivity index (χ3n) is 4.84. The highest BCUT2D eigenvalue weighted by Crippen LogP contribution is 2.20. The Hall–Kier alpha value is -1.96. The summed E-state index contributed by atoms with van der Waals surface area (Å²) in [5.74, 6) is 1.83. The van der Waals surface area contributed by atoms with Gasteiger partial charge in [0.15, 0.2) is 5.96 Å². The molecular formula is C22H31IN4O. The maximum Gasteiger partial charge on any atom is 0.191 e. The Morgan fingerprint density at radius 3 is 2.64 bits per heavy atom. The van der Waals surface area contributed by atoms with Crippen molar-refractivity contribution < 1.29 is 4.74 Å². The first-order valence-electron chi connectivity index (χ1n) is 9.77. The molecule has 0 spiro atoms. The summed E-state index contributed by atoms with van der Waals surface area (Å²) in [4.78, 5) is 7.19. The molecule has 5 nitrogen and oxygen atoms in total. The molecule has 0 aliphatic carbocycles. The molecule has 1 saturated heterocycles. The molecule has 2 aromatic carbocycles. The van der Waals surface area contributed by atoms with Crippen molar-refractivity contribution >= 4 is 35.6 Å². The number of benzene rings is 2. The summed E-state index contributed by atoms with van der Waals surface area (Å²) in [7, 11) is 1.71. The Morgan fingerprint density at radius 1 is 1.14 bits per heavy atom. The quantitative estimate of drug-likeness (QED) is 0.350. The molecule has 2 aromatic rings. The molecule has 1 aliphatic rings. The van der Waals surface area contributed by atoms with Gasteiger partial charge in [0.1, 0.15) is 5.75 Å². The fraction of sp³-hybridized carbons (Fsp3) is 0.409. The Bertz CT molecular complexity index is 738. The number of guanidine groups is 1. The summed E-state index contributed by atoms with van der Waals surface area (Å²) in [5.41, 5.74) is 2.48. The van der Waals surface area contributed by atoms with E-state index < -0.39 is 0 Å². The van der Waals surface area contributed by atoms with Crippen LogP contribution in [0.15, 0.2) is 59.6 Å². The number of methoxy groups -OCH3 is 1. The average Bonchev–Trinajstić information content (AvgIpc) is 3.18. The highest BCUT2D eigenvalue weighted by atomic mass is 127. The molecule has 152 valence electrons. The van der Waals surface area contributed by atoms with Crippen LogP contribution in [0.2, 0.25) is 0 Å². The summed E-state index contributed by atoms with van der Waals surface area (Å²) in [6.45, 7) is 5.76. The van der Waals surface area contributed by atoms with Crippen LogP contribution in [0.4, 0.5) is 5.69 Å². The maximum absolute atomic E-state index is 5.43. The molecule has 0 aromatic heterocycles. The lowest BCUT2D eigenvalue weighted by atomic mass is 10.1. The van der Waals surface area contributed by atoms with Crippen LogP contribution in [-0.4, -0.2) is 45.3 Å². The van der Waals surface area contributed by atoms with Crippen LogP contribution in [0.25, 0.3) is 0 Å². The molecule has 1 fully saturated rings. The van der Waals surface area contributed by atoms with Crippen LogP contribution in [0.3, 0.4) is 0 Å². The van der Waals surface area contributed by atoms with E-state index in [0.717, 1.165) is 50.7 Å². The topological polar surface area (TPSA) is 48.9 Å². The maximum atomic E-state index is 5.43. The Kier molecular flexibility index (Phi) is 9.40. The lowest BCUT2D eigenvalue weighted by Gasteiger charge is -2.20. The van der Waals surface area contributed by atoms with Gasteiger partial charge >= 0.3 is 0 Å². The molecule has 0 radical (unpaired) electrons. The highest BCUT2D eigenvalue weighted by molar-refractivity contribution is 14.0. The molecule has 1 atom stereocenters. The summed E-state index contributed by atoms with van der Waals surface area (Å²) in [6, 6.07) is 19.2. The lowest BCUT2D eigenvalue weighted by molar-refractivity contribution is 0.410. The number of halogens is 1. The number of anilines is 1. The minimum atomic E-state index is 0. The summed E-state index contributed by atoms with van der Waals surface area (Å²) >= 11 is 0. The van der Waals surface area contributed by atoms with Crippen LogP contribution in [0.5, 0.6) is 5.75 Å². The Labute approximate surface area is 185 Å². The summed E-state index contributed by atoms with van der Waals surface area (Å²) < 4.78 is 5.43. The Morgan fingerprint density at radius 2 is 1.89 bits per heavy atom. The molecule has 1 heterocycles. The first-order chi connectivity index (χ1) is 13.3. The van der Waals surface area contributed by atoms with E-state index in [1.807, 2.05) is 18.2 Å². The largest absolute Gasteiger partial charge is 0.496 e. The van der Waals surface area contributed by atoms with Crippen molar-refractivity contribution in [3.8, 4) is 5.75 Å². The molecule has 0 amide bonds. The molecule has 1 aliphatic heterocycles. The van der Waals surface area contributed by atoms with Crippen molar-refractivity contribution in [3.05, 3.63) is 60.2 Å². The van der Waals surface area contributed by atoms with Gasteiger partial charge in [0.25, 0.3) is 0 Å². The SMILES string of the molecule is CCNC(=NCCc1ccccc1OC)NC1CCN(c2ccccc2)C1.I. The second kappa shape index (κ2) is 11.8. The predicted molar refractivity (Wildman–Crippen MR) is 128 cm³/mol. The van der Waals surface area contributed by atoms with Crippen LogP contribution in [-0.2, 0) is 6.42 Å². The number of ether oxygens (including phenoxy) is 1. The first-order valence-corrected chi connectivity index (χ1v) is 9.77. The van der Waals surface area contributed by atoms with Gasteiger partial charge in [-0.25, -0.2) is 0 Å². The van der Waals surface area contributed by atoms with Crippen LogP contribution >= 0.6 is 24.0 Å². The van der Waals surface area contributed by atoms with E-state index in [2.05, 4.69) is 58.9 Å². The van der Waals surface area contributed by atoms with E-state index in [0.29, 0.717) is 6.04 Å². The van der Waals surface area contributed by atoms with E-state index in [1.54, 1.807) is 7.11 Å². The van der Waals surface area contributed by atoms with Crippen molar-refractivity contribution in [1.82, 2.24) is 10.6 Å². The standard InChI is InChI=1S/C22H30N4O.HI/c1-3-23-22(24-15-13-18-9-7-8-12-21(18)27-2)25-19-14-16-26(17-19)20-10-5-4-6-11-20;/h4-12,19H,3,13-17H2,1-2H3,(H2,23,24,25);1H. The van der Waals surface area contributed by atoms with Gasteiger partial charge in [-0.3, -0.25) is 4.99 Å². The van der Waals surface area contributed by atoms with E-state index in [1.165, 1.54) is 11.3 Å². The molecule has 6 heteroatoms. The third kappa shape index (κ3) is 6.29. The lowest BCUT2D eigenvalue weighted by Crippen LogP contribution is -2.44. The van der Waals surface area contributed by atoms with E-state index in [4.69, 9.17) is 9.73 Å². The predicted octanol–water partition coefficient (Wildman–Crippen LogP) is 3.69. The number of rotatable bonds is 7. The van der Waals surface area contributed by atoms with Crippen molar-refractivity contribution in [2.45, 2.75) is 25.8 Å². The molecule has 0 bridgehead atoms. The zero-order valence-corrected chi connectivity index (χ0v) is 19.1. The van der Waals surface area contributed by atoms with Gasteiger partial charge in [-0.15, -0.1) is 24.0 Å². The number of para-hydroxylation sites is 2. The van der Waals surface area contributed by atoms with Gasteiger partial charge in [-0.1, -0.05) is 36.4 Å². The summed E-state index contributed by atoms with van der Waals surface area (Å²) in [5, 5.41) is 6.97. The van der Waals surface area contributed by atoms with Crippen LogP contribution in [0.1, 0.15) is 18.9 Å². The number of hydrogen-bond acceptors (Lipinski definition) is 3. The van der Waals surface area contributed by atoms with E-state index >= 15 is 0 Å². The first kappa shape index (κ1) is 22.3. The zero-order chi connectivity index (χ0) is 18.9. The van der Waals surface area contributed by atoms with Gasteiger partial charge < -0.3 is 20.3 Å². The monoisotopic (exact) mass is 494 g/mol. The second-order valence-corrected chi connectivity index (χ2v) is 6.73. The number of aliphatic imine (C=N–C) groups is 1. The van der Waals surface area contributed by atoms with Crippen LogP contribution in [0, 0.1) is 0 Å². The molecular weight excluding hydrogens is 463 g/mol. The molecule has 28 heavy (non-hydrogen) atoms. The Balaban J connectivity index is 0.00000280. The number of hydrogen-bond donors (Lipinski definition) is 2. The fourth-order valence-corrected chi connectivity index (χ4v) is 3.46. The van der Waals surface area contributed by atoms with E-state index in [-0.39, 0.29) is 24.0 Å². The van der Waals surface area contributed by atoms with Crippen LogP contribution < -0.4 is 20.3 Å². The number of nitrogens with zero attached hydrogens (tertiary/aromatic N) is 2. The average molecular weight is 494 g/mol. The summed E-state index contributed by atoms with van der Waals surface area (Å²) in [6.07, 6.45) is 1.98. The second-order valence-electron chi connectivity index (χ2n) is 6.73. The molecule has 0 saturated carbocycles. The normalized spacial score (nSPS) is 16.4. The highest BCUT2D eigenvalue weighted by Gasteiger charge is 2.23. The molecule has 2 N–H and O–H groups in total. The minimum Gasteiger partial charge on any atom is -0.496 e.